The van der Waals surface area contributed by atoms with Crippen molar-refractivity contribution in [3.63, 3.8) is 0 Å². The largest absolute Gasteiger partial charge is 0.496 e. The summed E-state index contributed by atoms with van der Waals surface area (Å²) in [5.74, 6) is -1.40. The van der Waals surface area contributed by atoms with Gasteiger partial charge >= 0.3 is 5.97 Å². The Morgan fingerprint density at radius 2 is 1.94 bits per heavy atom. The number of carbonyl (C=O) groups is 1. The van der Waals surface area contributed by atoms with E-state index >= 15 is 0 Å². The summed E-state index contributed by atoms with van der Waals surface area (Å²) >= 11 is -2.32. The highest BCUT2D eigenvalue weighted by atomic mass is 32.2. The van der Waals surface area contributed by atoms with Gasteiger partial charge in [-0.3, -0.25) is 0 Å². The standard InChI is InChI=1S/C9H10O6S/c1-14-5-3-4-6(16(12)13)8(15-2)7(5)9(10)11/h3-4H,1-2H3,(H,10,11)(H,12,13). The van der Waals surface area contributed by atoms with Crippen LogP contribution in [0.25, 0.3) is 0 Å². The lowest BCUT2D eigenvalue weighted by Crippen LogP contribution is -2.06. The average Bonchev–Trinajstić information content (AvgIpc) is 2.26. The number of hydrogen-bond acceptors (Lipinski definition) is 4. The van der Waals surface area contributed by atoms with Gasteiger partial charge < -0.3 is 19.1 Å². The van der Waals surface area contributed by atoms with Crippen LogP contribution < -0.4 is 9.47 Å². The summed E-state index contributed by atoms with van der Waals surface area (Å²) in [5, 5.41) is 8.97. The van der Waals surface area contributed by atoms with E-state index in [2.05, 4.69) is 0 Å². The van der Waals surface area contributed by atoms with E-state index in [-0.39, 0.29) is 22.0 Å². The molecule has 1 atom stereocenters. The van der Waals surface area contributed by atoms with E-state index in [9.17, 15) is 9.00 Å². The highest BCUT2D eigenvalue weighted by molar-refractivity contribution is 7.79. The van der Waals surface area contributed by atoms with Crippen LogP contribution in [0.15, 0.2) is 17.0 Å². The zero-order chi connectivity index (χ0) is 12.3. The zero-order valence-electron chi connectivity index (χ0n) is 8.59. The highest BCUT2D eigenvalue weighted by Crippen LogP contribution is 2.33. The van der Waals surface area contributed by atoms with Crippen LogP contribution in [0.2, 0.25) is 0 Å². The summed E-state index contributed by atoms with van der Waals surface area (Å²) in [5.41, 5.74) is -0.273. The Hall–Kier alpha value is -1.60. The van der Waals surface area contributed by atoms with E-state index in [1.807, 2.05) is 0 Å². The normalized spacial score (nSPS) is 11.9. The quantitative estimate of drug-likeness (QED) is 0.769. The molecule has 1 aromatic rings. The molecule has 0 spiro atoms. The van der Waals surface area contributed by atoms with Crippen molar-refractivity contribution in [2.45, 2.75) is 4.90 Å². The Kier molecular flexibility index (Phi) is 3.86. The third kappa shape index (κ3) is 2.15. The van der Waals surface area contributed by atoms with Crippen LogP contribution in [0.1, 0.15) is 10.4 Å². The van der Waals surface area contributed by atoms with Crippen molar-refractivity contribution in [3.05, 3.63) is 17.7 Å². The van der Waals surface area contributed by atoms with Crippen LogP contribution in [-0.2, 0) is 11.1 Å². The molecule has 0 saturated carbocycles. The molecule has 0 aliphatic rings. The number of methoxy groups -OCH3 is 2. The van der Waals surface area contributed by atoms with Crippen molar-refractivity contribution in [3.8, 4) is 11.5 Å². The van der Waals surface area contributed by atoms with E-state index in [0.717, 1.165) is 0 Å². The maximum absolute atomic E-state index is 11.0. The first-order valence-electron chi connectivity index (χ1n) is 4.12. The van der Waals surface area contributed by atoms with Gasteiger partial charge in [-0.15, -0.1) is 0 Å². The molecule has 0 amide bonds. The predicted octanol–water partition coefficient (Wildman–Crippen LogP) is 0.983. The van der Waals surface area contributed by atoms with Gasteiger partial charge in [0, 0.05) is 0 Å². The Balaban J connectivity index is 3.56. The van der Waals surface area contributed by atoms with Gasteiger partial charge in [0.05, 0.1) is 14.2 Å². The van der Waals surface area contributed by atoms with E-state index in [4.69, 9.17) is 19.1 Å². The Labute approximate surface area is 94.1 Å². The molecule has 0 aliphatic carbocycles. The zero-order valence-corrected chi connectivity index (χ0v) is 9.41. The Morgan fingerprint density at radius 3 is 2.31 bits per heavy atom. The summed E-state index contributed by atoms with van der Waals surface area (Å²) in [6.07, 6.45) is 0. The van der Waals surface area contributed by atoms with Crippen LogP contribution in [-0.4, -0.2) is 34.1 Å². The molecule has 1 aromatic carbocycles. The first kappa shape index (κ1) is 12.5. The second kappa shape index (κ2) is 4.95. The van der Waals surface area contributed by atoms with Crippen molar-refractivity contribution in [2.75, 3.05) is 14.2 Å². The number of carboxylic acids is 1. The molecule has 6 nitrogen and oxygen atoms in total. The molecule has 0 radical (unpaired) electrons. The molecule has 0 bridgehead atoms. The average molecular weight is 246 g/mol. The van der Waals surface area contributed by atoms with Gasteiger partial charge in [0.2, 0.25) is 0 Å². The maximum atomic E-state index is 11.0. The summed E-state index contributed by atoms with van der Waals surface area (Å²) < 4.78 is 29.6. The van der Waals surface area contributed by atoms with E-state index < -0.39 is 17.0 Å². The molecule has 1 rings (SSSR count). The van der Waals surface area contributed by atoms with Gasteiger partial charge in [-0.1, -0.05) is 0 Å². The molecule has 7 heteroatoms. The first-order valence-corrected chi connectivity index (χ1v) is 5.22. The van der Waals surface area contributed by atoms with Crippen molar-refractivity contribution >= 4 is 17.0 Å². The molecule has 2 N–H and O–H groups in total. The van der Waals surface area contributed by atoms with E-state index in [1.165, 1.54) is 26.4 Å². The number of hydrogen-bond donors (Lipinski definition) is 2. The minimum atomic E-state index is -2.32. The van der Waals surface area contributed by atoms with Crippen molar-refractivity contribution in [2.24, 2.45) is 0 Å². The molecular weight excluding hydrogens is 236 g/mol. The van der Waals surface area contributed by atoms with Crippen LogP contribution in [0.5, 0.6) is 11.5 Å². The fourth-order valence-electron chi connectivity index (χ4n) is 1.26. The summed E-state index contributed by atoms with van der Waals surface area (Å²) in [4.78, 5) is 10.9. The molecule has 0 fully saturated rings. The SMILES string of the molecule is COc1ccc(S(=O)O)c(OC)c1C(=O)O. The topological polar surface area (TPSA) is 93.1 Å². The third-order valence-electron chi connectivity index (χ3n) is 1.91. The lowest BCUT2D eigenvalue weighted by Gasteiger charge is -2.12. The van der Waals surface area contributed by atoms with Crippen LogP contribution >= 0.6 is 0 Å². The summed E-state index contributed by atoms with van der Waals surface area (Å²) in [6, 6.07) is 2.58. The smallest absolute Gasteiger partial charge is 0.343 e. The lowest BCUT2D eigenvalue weighted by atomic mass is 10.2. The highest BCUT2D eigenvalue weighted by Gasteiger charge is 2.23. The van der Waals surface area contributed by atoms with Crippen molar-refractivity contribution in [1.82, 2.24) is 0 Å². The second-order valence-electron chi connectivity index (χ2n) is 2.73. The third-order valence-corrected chi connectivity index (χ3v) is 2.61. The number of benzene rings is 1. The number of rotatable bonds is 4. The predicted molar refractivity (Wildman–Crippen MR) is 55.5 cm³/mol. The Morgan fingerprint density at radius 1 is 1.31 bits per heavy atom. The van der Waals surface area contributed by atoms with Gasteiger partial charge in [-0.2, -0.15) is 0 Å². The van der Waals surface area contributed by atoms with Crippen molar-refractivity contribution < 1.29 is 28.1 Å². The van der Waals surface area contributed by atoms with Crippen molar-refractivity contribution in [1.29, 1.82) is 0 Å². The molecule has 0 heterocycles. The van der Waals surface area contributed by atoms with Gasteiger partial charge in [0.15, 0.2) is 16.8 Å². The van der Waals surface area contributed by atoms with Crippen LogP contribution in [0.4, 0.5) is 0 Å². The molecule has 0 aromatic heterocycles. The summed E-state index contributed by atoms with van der Waals surface area (Å²) in [7, 11) is 2.52. The fourth-order valence-corrected chi connectivity index (χ4v) is 1.79. The molecule has 16 heavy (non-hydrogen) atoms. The lowest BCUT2D eigenvalue weighted by molar-refractivity contribution is 0.0689. The van der Waals surface area contributed by atoms with Gasteiger partial charge in [-0.25, -0.2) is 9.00 Å². The number of ether oxygens (including phenoxy) is 2. The number of carboxylic acid groups (broad SMARTS) is 1. The minimum Gasteiger partial charge on any atom is -0.496 e. The molecule has 0 aliphatic heterocycles. The van der Waals surface area contributed by atoms with Gasteiger partial charge in [-0.05, 0) is 12.1 Å². The van der Waals surface area contributed by atoms with Gasteiger partial charge in [0.25, 0.3) is 0 Å². The number of aromatic carboxylic acids is 1. The Bertz CT molecular complexity index is 442. The van der Waals surface area contributed by atoms with Gasteiger partial charge in [0.1, 0.15) is 16.2 Å². The monoisotopic (exact) mass is 246 g/mol. The van der Waals surface area contributed by atoms with E-state index in [0.29, 0.717) is 0 Å². The fraction of sp³-hybridized carbons (Fsp3) is 0.222. The minimum absolute atomic E-state index is 0.0681. The molecule has 0 saturated heterocycles. The summed E-state index contributed by atoms with van der Waals surface area (Å²) in [6.45, 7) is 0. The molecular formula is C9H10O6S. The molecule has 1 unspecified atom stereocenters. The van der Waals surface area contributed by atoms with E-state index in [1.54, 1.807) is 0 Å². The van der Waals surface area contributed by atoms with Crippen LogP contribution in [0, 0.1) is 0 Å². The molecule has 88 valence electrons. The first-order chi connectivity index (χ1) is 7.52. The van der Waals surface area contributed by atoms with Crippen LogP contribution in [0.3, 0.4) is 0 Å². The second-order valence-corrected chi connectivity index (χ2v) is 3.67. The maximum Gasteiger partial charge on any atom is 0.343 e.